The molecule has 1 aromatic carbocycles. The lowest BCUT2D eigenvalue weighted by Gasteiger charge is -2.20. The molecule has 7 nitrogen and oxygen atoms in total. The first kappa shape index (κ1) is 20.2. The van der Waals surface area contributed by atoms with Crippen molar-refractivity contribution in [1.29, 1.82) is 0 Å². The SMILES string of the molecule is CC(C)(CCl)C(=O)NCCNC(=O)c1ccc(NS(C)(=O)=O)cc1. The maximum atomic E-state index is 12.0. The quantitative estimate of drug-likeness (QED) is 0.468. The van der Waals surface area contributed by atoms with Gasteiger partial charge in [-0.1, -0.05) is 0 Å². The van der Waals surface area contributed by atoms with E-state index in [1.165, 1.54) is 24.3 Å². The minimum absolute atomic E-state index is 0.178. The van der Waals surface area contributed by atoms with Crippen molar-refractivity contribution in [2.75, 3.05) is 29.9 Å². The summed E-state index contributed by atoms with van der Waals surface area (Å²) in [6, 6.07) is 6.03. The molecule has 0 saturated heterocycles. The van der Waals surface area contributed by atoms with Crippen molar-refractivity contribution in [1.82, 2.24) is 10.6 Å². The van der Waals surface area contributed by atoms with E-state index in [9.17, 15) is 18.0 Å². The third-order valence-electron chi connectivity index (χ3n) is 3.10. The Hall–Kier alpha value is -1.80. The zero-order valence-corrected chi connectivity index (χ0v) is 15.4. The molecule has 0 radical (unpaired) electrons. The molecule has 3 N–H and O–H groups in total. The zero-order valence-electron chi connectivity index (χ0n) is 13.8. The van der Waals surface area contributed by atoms with Crippen LogP contribution in [-0.2, 0) is 14.8 Å². The highest BCUT2D eigenvalue weighted by molar-refractivity contribution is 7.92. The van der Waals surface area contributed by atoms with Crippen LogP contribution in [0.3, 0.4) is 0 Å². The van der Waals surface area contributed by atoms with Crippen LogP contribution < -0.4 is 15.4 Å². The summed E-state index contributed by atoms with van der Waals surface area (Å²) in [5, 5.41) is 5.37. The van der Waals surface area contributed by atoms with Crippen molar-refractivity contribution in [2.24, 2.45) is 5.41 Å². The molecule has 0 unspecified atom stereocenters. The second-order valence-corrected chi connectivity index (χ2v) is 8.00. The Labute approximate surface area is 147 Å². The number of halogens is 1. The van der Waals surface area contributed by atoms with Crippen LogP contribution in [0, 0.1) is 5.41 Å². The normalized spacial score (nSPS) is 11.7. The summed E-state index contributed by atoms with van der Waals surface area (Å²) in [5.41, 5.74) is 0.111. The van der Waals surface area contributed by atoms with E-state index in [4.69, 9.17) is 11.6 Å². The lowest BCUT2D eigenvalue weighted by molar-refractivity contribution is -0.128. The number of anilines is 1. The van der Waals surface area contributed by atoms with E-state index in [1.807, 2.05) is 0 Å². The lowest BCUT2D eigenvalue weighted by atomic mass is 9.95. The highest BCUT2D eigenvalue weighted by Gasteiger charge is 2.25. The van der Waals surface area contributed by atoms with Gasteiger partial charge in [-0.25, -0.2) is 8.42 Å². The molecule has 1 rings (SSSR count). The van der Waals surface area contributed by atoms with Crippen LogP contribution in [0.15, 0.2) is 24.3 Å². The number of amides is 2. The first-order chi connectivity index (χ1) is 11.0. The number of carbonyl (C=O) groups excluding carboxylic acids is 2. The van der Waals surface area contributed by atoms with Gasteiger partial charge in [0.1, 0.15) is 0 Å². The monoisotopic (exact) mass is 375 g/mol. The Kier molecular flexibility index (Phi) is 7.04. The molecule has 1 aromatic rings. The van der Waals surface area contributed by atoms with Crippen molar-refractivity contribution < 1.29 is 18.0 Å². The number of alkyl halides is 1. The van der Waals surface area contributed by atoms with Crippen molar-refractivity contribution in [2.45, 2.75) is 13.8 Å². The van der Waals surface area contributed by atoms with Crippen LogP contribution in [0.25, 0.3) is 0 Å². The molecular formula is C15H22ClN3O4S. The van der Waals surface area contributed by atoms with Crippen molar-refractivity contribution >= 4 is 39.1 Å². The van der Waals surface area contributed by atoms with Gasteiger partial charge in [-0.15, -0.1) is 11.6 Å². The average Bonchev–Trinajstić information content (AvgIpc) is 2.50. The smallest absolute Gasteiger partial charge is 0.251 e. The van der Waals surface area contributed by atoms with Gasteiger partial charge in [-0.3, -0.25) is 14.3 Å². The topological polar surface area (TPSA) is 104 Å². The van der Waals surface area contributed by atoms with E-state index in [0.29, 0.717) is 17.8 Å². The van der Waals surface area contributed by atoms with E-state index in [1.54, 1.807) is 13.8 Å². The highest BCUT2D eigenvalue weighted by Crippen LogP contribution is 2.16. The second kappa shape index (κ2) is 8.34. The summed E-state index contributed by atoms with van der Waals surface area (Å²) < 4.78 is 24.5. The number of carbonyl (C=O) groups is 2. The van der Waals surface area contributed by atoms with Crippen molar-refractivity contribution in [3.05, 3.63) is 29.8 Å². The largest absolute Gasteiger partial charge is 0.354 e. The molecule has 24 heavy (non-hydrogen) atoms. The van der Waals surface area contributed by atoms with Gasteiger partial charge < -0.3 is 10.6 Å². The summed E-state index contributed by atoms with van der Waals surface area (Å²) in [4.78, 5) is 23.8. The molecule has 0 fully saturated rings. The van der Waals surface area contributed by atoms with Crippen LogP contribution in [0.5, 0.6) is 0 Å². The van der Waals surface area contributed by atoms with Gasteiger partial charge in [-0.2, -0.15) is 0 Å². The van der Waals surface area contributed by atoms with Crippen LogP contribution >= 0.6 is 11.6 Å². The third kappa shape index (κ3) is 6.76. The predicted molar refractivity (Wildman–Crippen MR) is 94.8 cm³/mol. The molecule has 0 aliphatic carbocycles. The summed E-state index contributed by atoms with van der Waals surface area (Å²) in [7, 11) is -3.35. The molecular weight excluding hydrogens is 354 g/mol. The van der Waals surface area contributed by atoms with Crippen molar-refractivity contribution in [3.63, 3.8) is 0 Å². The Morgan fingerprint density at radius 1 is 1.08 bits per heavy atom. The molecule has 2 amide bonds. The van der Waals surface area contributed by atoms with Gasteiger partial charge in [0.25, 0.3) is 5.91 Å². The van der Waals surface area contributed by atoms with Crippen LogP contribution in [0.4, 0.5) is 5.69 Å². The molecule has 0 atom stereocenters. The summed E-state index contributed by atoms with van der Waals surface area (Å²) in [6.45, 7) is 4.03. The number of sulfonamides is 1. The molecule has 0 bridgehead atoms. The molecule has 0 saturated carbocycles. The Morgan fingerprint density at radius 3 is 2.12 bits per heavy atom. The first-order valence-electron chi connectivity index (χ1n) is 7.25. The molecule has 0 aromatic heterocycles. The van der Waals surface area contributed by atoms with Gasteiger partial charge in [0.15, 0.2) is 0 Å². The molecule has 0 aliphatic rings. The fourth-order valence-electron chi connectivity index (χ4n) is 1.66. The maximum Gasteiger partial charge on any atom is 0.251 e. The number of hydrogen-bond donors (Lipinski definition) is 3. The minimum Gasteiger partial charge on any atom is -0.354 e. The zero-order chi connectivity index (χ0) is 18.4. The maximum absolute atomic E-state index is 12.0. The van der Waals surface area contributed by atoms with Gasteiger partial charge in [-0.05, 0) is 38.1 Å². The van der Waals surface area contributed by atoms with Gasteiger partial charge in [0.2, 0.25) is 15.9 Å². The fourth-order valence-corrected chi connectivity index (χ4v) is 2.34. The minimum atomic E-state index is -3.35. The van der Waals surface area contributed by atoms with Gasteiger partial charge in [0, 0.05) is 30.2 Å². The molecule has 9 heteroatoms. The average molecular weight is 376 g/mol. The molecule has 134 valence electrons. The summed E-state index contributed by atoms with van der Waals surface area (Å²) >= 11 is 5.71. The number of rotatable bonds is 8. The second-order valence-electron chi connectivity index (χ2n) is 5.98. The summed E-state index contributed by atoms with van der Waals surface area (Å²) in [6.07, 6.45) is 1.05. The number of hydrogen-bond acceptors (Lipinski definition) is 4. The van der Waals surface area contributed by atoms with E-state index in [2.05, 4.69) is 15.4 Å². The predicted octanol–water partition coefficient (Wildman–Crippen LogP) is 1.17. The Bertz CT molecular complexity index is 687. The van der Waals surface area contributed by atoms with E-state index >= 15 is 0 Å². The first-order valence-corrected chi connectivity index (χ1v) is 9.68. The molecule has 0 aliphatic heterocycles. The standard InChI is InChI=1S/C15H22ClN3O4S/c1-15(2,10-16)14(21)18-9-8-17-13(20)11-4-6-12(7-5-11)19-24(3,22)23/h4-7,19H,8-10H2,1-3H3,(H,17,20)(H,18,21). The van der Waals surface area contributed by atoms with Crippen LogP contribution in [0.2, 0.25) is 0 Å². The number of benzene rings is 1. The van der Waals surface area contributed by atoms with Crippen LogP contribution in [0.1, 0.15) is 24.2 Å². The number of nitrogens with one attached hydrogen (secondary N) is 3. The van der Waals surface area contributed by atoms with Crippen LogP contribution in [-0.4, -0.2) is 45.5 Å². The third-order valence-corrected chi connectivity index (χ3v) is 4.37. The van der Waals surface area contributed by atoms with E-state index in [0.717, 1.165) is 6.26 Å². The Morgan fingerprint density at radius 2 is 1.62 bits per heavy atom. The van der Waals surface area contributed by atoms with E-state index < -0.39 is 15.4 Å². The highest BCUT2D eigenvalue weighted by atomic mass is 35.5. The van der Waals surface area contributed by atoms with Gasteiger partial charge in [0.05, 0.1) is 11.7 Å². The molecule has 0 heterocycles. The van der Waals surface area contributed by atoms with Crippen molar-refractivity contribution in [3.8, 4) is 0 Å². The van der Waals surface area contributed by atoms with Gasteiger partial charge >= 0.3 is 0 Å². The fraction of sp³-hybridized carbons (Fsp3) is 0.467. The Balaban J connectivity index is 2.45. The van der Waals surface area contributed by atoms with E-state index in [-0.39, 0.29) is 24.2 Å². The lowest BCUT2D eigenvalue weighted by Crippen LogP contribution is -2.41. The molecule has 0 spiro atoms. The summed E-state index contributed by atoms with van der Waals surface area (Å²) in [5.74, 6) is -0.284.